The lowest BCUT2D eigenvalue weighted by atomic mass is 10.1. The van der Waals surface area contributed by atoms with Crippen LogP contribution in [0.3, 0.4) is 0 Å². The Morgan fingerprint density at radius 3 is 2.24 bits per heavy atom. The molecule has 0 unspecified atom stereocenters. The van der Waals surface area contributed by atoms with Crippen LogP contribution in [0.5, 0.6) is 0 Å². The number of hydrogen-bond donors (Lipinski definition) is 3. The van der Waals surface area contributed by atoms with E-state index in [1.807, 2.05) is 0 Å². The van der Waals surface area contributed by atoms with Gasteiger partial charge in [-0.15, -0.1) is 11.8 Å². The summed E-state index contributed by atoms with van der Waals surface area (Å²) in [6, 6.07) is 27.8. The van der Waals surface area contributed by atoms with Crippen LogP contribution < -0.4 is 16.0 Å². The molecule has 0 saturated heterocycles. The number of rotatable bonds is 10. The lowest BCUT2D eigenvalue weighted by molar-refractivity contribution is -0.385. The van der Waals surface area contributed by atoms with Crippen molar-refractivity contribution in [3.05, 3.63) is 135 Å². The molecule has 0 aliphatic heterocycles. The molecule has 0 saturated carbocycles. The third kappa shape index (κ3) is 8.53. The molecule has 4 aromatic rings. The first-order chi connectivity index (χ1) is 19.8. The maximum atomic E-state index is 13.3. The van der Waals surface area contributed by atoms with Crippen molar-refractivity contribution in [2.24, 2.45) is 0 Å². The van der Waals surface area contributed by atoms with Gasteiger partial charge in [-0.1, -0.05) is 54.1 Å². The van der Waals surface area contributed by atoms with E-state index in [1.165, 1.54) is 36.0 Å². The number of halogens is 1. The molecule has 3 N–H and O–H groups in total. The van der Waals surface area contributed by atoms with E-state index in [0.29, 0.717) is 26.9 Å². The van der Waals surface area contributed by atoms with Gasteiger partial charge >= 0.3 is 0 Å². The van der Waals surface area contributed by atoms with Crippen molar-refractivity contribution >= 4 is 64.2 Å². The minimum absolute atomic E-state index is 0.111. The average molecular weight is 587 g/mol. The summed E-state index contributed by atoms with van der Waals surface area (Å²) in [4.78, 5) is 50.2. The summed E-state index contributed by atoms with van der Waals surface area (Å²) in [5, 5.41) is 20.1. The van der Waals surface area contributed by atoms with Crippen molar-refractivity contribution in [1.82, 2.24) is 5.32 Å². The van der Waals surface area contributed by atoms with Crippen molar-refractivity contribution in [3.63, 3.8) is 0 Å². The Hall–Kier alpha value is -4.93. The number of thioether (sulfide) groups is 1. The second-order valence-corrected chi connectivity index (χ2v) is 10.0. The van der Waals surface area contributed by atoms with Crippen LogP contribution >= 0.6 is 23.4 Å². The van der Waals surface area contributed by atoms with Gasteiger partial charge in [0.1, 0.15) is 5.70 Å². The molecule has 11 heteroatoms. The Morgan fingerprint density at radius 1 is 0.829 bits per heavy atom. The number of nitrogens with zero attached hydrogens (tertiary/aromatic N) is 1. The van der Waals surface area contributed by atoms with Gasteiger partial charge < -0.3 is 16.0 Å². The quantitative estimate of drug-likeness (QED) is 0.0854. The van der Waals surface area contributed by atoms with Crippen molar-refractivity contribution < 1.29 is 19.3 Å². The standard InChI is InChI=1S/C30H23ClN4O5S/c31-22-11-6-12-23(17-22)32-28(36)19-41-25-14-7-13-24(18-25)33-30(38)26(34-29(37)20-8-2-1-3-9-20)16-21-10-4-5-15-27(21)35(39)40/h1-18H,19H2,(H,32,36)(H,33,38)(H,34,37)/b26-16+. The van der Waals surface area contributed by atoms with Crippen LogP contribution in [0.1, 0.15) is 15.9 Å². The summed E-state index contributed by atoms with van der Waals surface area (Å²) >= 11 is 7.22. The molecule has 9 nitrogen and oxygen atoms in total. The molecule has 4 rings (SSSR count). The second kappa shape index (κ2) is 13.9. The monoisotopic (exact) mass is 586 g/mol. The molecule has 206 valence electrons. The number of para-hydroxylation sites is 1. The first-order valence-corrected chi connectivity index (χ1v) is 13.6. The van der Waals surface area contributed by atoms with Crippen LogP contribution in [0.4, 0.5) is 17.1 Å². The van der Waals surface area contributed by atoms with Gasteiger partial charge in [0, 0.05) is 32.9 Å². The summed E-state index contributed by atoms with van der Waals surface area (Å²) in [7, 11) is 0. The van der Waals surface area contributed by atoms with E-state index in [2.05, 4.69) is 16.0 Å². The van der Waals surface area contributed by atoms with E-state index < -0.39 is 16.7 Å². The Bertz CT molecular complexity index is 1630. The van der Waals surface area contributed by atoms with E-state index in [0.717, 1.165) is 0 Å². The van der Waals surface area contributed by atoms with Crippen LogP contribution in [-0.2, 0) is 9.59 Å². The third-order valence-corrected chi connectivity index (χ3v) is 6.76. The number of nitro groups is 1. The first-order valence-electron chi connectivity index (χ1n) is 12.2. The number of hydrogen-bond acceptors (Lipinski definition) is 6. The number of nitro benzene ring substituents is 1. The average Bonchev–Trinajstić information content (AvgIpc) is 2.96. The highest BCUT2D eigenvalue weighted by molar-refractivity contribution is 8.00. The molecule has 0 atom stereocenters. The fraction of sp³-hybridized carbons (Fsp3) is 0.0333. The van der Waals surface area contributed by atoms with Gasteiger partial charge in [0.2, 0.25) is 5.91 Å². The third-order valence-electron chi connectivity index (χ3n) is 5.53. The number of benzene rings is 4. The van der Waals surface area contributed by atoms with Crippen LogP contribution in [0, 0.1) is 10.1 Å². The van der Waals surface area contributed by atoms with Crippen LogP contribution in [0.2, 0.25) is 5.02 Å². The van der Waals surface area contributed by atoms with Gasteiger partial charge in [0.25, 0.3) is 17.5 Å². The fourth-order valence-electron chi connectivity index (χ4n) is 3.65. The Labute approximate surface area is 244 Å². The minimum atomic E-state index is -0.687. The highest BCUT2D eigenvalue weighted by atomic mass is 35.5. The summed E-state index contributed by atoms with van der Waals surface area (Å²) in [6.45, 7) is 0. The van der Waals surface area contributed by atoms with E-state index in [9.17, 15) is 24.5 Å². The molecule has 0 spiro atoms. The van der Waals surface area contributed by atoms with Crippen molar-refractivity contribution in [3.8, 4) is 0 Å². The number of carbonyl (C=O) groups excluding carboxylic acids is 3. The smallest absolute Gasteiger partial charge is 0.276 e. The van der Waals surface area contributed by atoms with Crippen LogP contribution in [-0.4, -0.2) is 28.4 Å². The normalized spacial score (nSPS) is 10.9. The van der Waals surface area contributed by atoms with Crippen molar-refractivity contribution in [2.45, 2.75) is 4.90 Å². The number of anilines is 2. The molecule has 0 bridgehead atoms. The van der Waals surface area contributed by atoms with Crippen molar-refractivity contribution in [1.29, 1.82) is 0 Å². The fourth-order valence-corrected chi connectivity index (χ4v) is 4.59. The van der Waals surface area contributed by atoms with Crippen LogP contribution in [0.25, 0.3) is 6.08 Å². The summed E-state index contributed by atoms with van der Waals surface area (Å²) in [5.41, 5.74) is 1.03. The highest BCUT2D eigenvalue weighted by Crippen LogP contribution is 2.24. The Balaban J connectivity index is 1.50. The number of amides is 3. The predicted molar refractivity (Wildman–Crippen MR) is 161 cm³/mol. The molecule has 0 heterocycles. The summed E-state index contributed by atoms with van der Waals surface area (Å²) < 4.78 is 0. The molecule has 0 aromatic heterocycles. The molecule has 0 aliphatic carbocycles. The van der Waals surface area contributed by atoms with Crippen molar-refractivity contribution in [2.75, 3.05) is 16.4 Å². The Kier molecular flexibility index (Phi) is 9.87. The maximum absolute atomic E-state index is 13.3. The van der Waals surface area contributed by atoms with Crippen LogP contribution in [0.15, 0.2) is 114 Å². The molecular formula is C30H23ClN4O5S. The SMILES string of the molecule is O=C(CSc1cccc(NC(=O)/C(=C\c2ccccc2[N+](=O)[O-])NC(=O)c2ccccc2)c1)Nc1cccc(Cl)c1. The lowest BCUT2D eigenvalue weighted by Gasteiger charge is -2.12. The predicted octanol–water partition coefficient (Wildman–Crippen LogP) is 6.39. The topological polar surface area (TPSA) is 130 Å². The maximum Gasteiger partial charge on any atom is 0.276 e. The van der Waals surface area contributed by atoms with Gasteiger partial charge in [-0.2, -0.15) is 0 Å². The zero-order valence-electron chi connectivity index (χ0n) is 21.4. The molecule has 0 aliphatic rings. The van der Waals surface area contributed by atoms with E-state index in [-0.39, 0.29) is 28.6 Å². The summed E-state index contributed by atoms with van der Waals surface area (Å²) in [6.07, 6.45) is 1.26. The lowest BCUT2D eigenvalue weighted by Crippen LogP contribution is -2.30. The van der Waals surface area contributed by atoms with E-state index >= 15 is 0 Å². The van der Waals surface area contributed by atoms with Gasteiger partial charge in [-0.25, -0.2) is 0 Å². The molecule has 3 amide bonds. The molecule has 0 radical (unpaired) electrons. The van der Waals surface area contributed by atoms with E-state index in [1.54, 1.807) is 84.9 Å². The van der Waals surface area contributed by atoms with Gasteiger partial charge in [-0.3, -0.25) is 24.5 Å². The molecular weight excluding hydrogens is 564 g/mol. The first kappa shape index (κ1) is 29.1. The number of carbonyl (C=O) groups is 3. The number of nitrogens with one attached hydrogen (secondary N) is 3. The summed E-state index contributed by atoms with van der Waals surface area (Å²) in [5.74, 6) is -1.36. The van der Waals surface area contributed by atoms with Gasteiger partial charge in [0.15, 0.2) is 0 Å². The molecule has 4 aromatic carbocycles. The largest absolute Gasteiger partial charge is 0.325 e. The molecule has 41 heavy (non-hydrogen) atoms. The highest BCUT2D eigenvalue weighted by Gasteiger charge is 2.18. The Morgan fingerprint density at radius 2 is 1.51 bits per heavy atom. The second-order valence-electron chi connectivity index (χ2n) is 8.52. The zero-order valence-corrected chi connectivity index (χ0v) is 22.9. The minimum Gasteiger partial charge on any atom is -0.325 e. The molecule has 0 fully saturated rings. The van der Waals surface area contributed by atoms with E-state index in [4.69, 9.17) is 11.6 Å². The van der Waals surface area contributed by atoms with Gasteiger partial charge in [0.05, 0.1) is 16.2 Å². The van der Waals surface area contributed by atoms with Gasteiger partial charge in [-0.05, 0) is 60.7 Å². The zero-order chi connectivity index (χ0) is 29.2.